The maximum atomic E-state index is 12.3. The predicted molar refractivity (Wildman–Crippen MR) is 67.8 cm³/mol. The van der Waals surface area contributed by atoms with Crippen molar-refractivity contribution in [2.24, 2.45) is 0 Å². The monoisotopic (exact) mass is 321 g/mol. The molecule has 2 atom stereocenters. The van der Waals surface area contributed by atoms with E-state index >= 15 is 0 Å². The molecule has 0 spiro atoms. The Morgan fingerprint density at radius 1 is 1.71 bits per heavy atom. The second kappa shape index (κ2) is 5.42. The van der Waals surface area contributed by atoms with Crippen LogP contribution < -0.4 is 0 Å². The van der Waals surface area contributed by atoms with Gasteiger partial charge in [0.1, 0.15) is 0 Å². The van der Waals surface area contributed by atoms with Gasteiger partial charge in [0, 0.05) is 11.9 Å². The summed E-state index contributed by atoms with van der Waals surface area (Å²) in [6.07, 6.45) is 1.45. The lowest BCUT2D eigenvalue weighted by Crippen LogP contribution is -2.51. The van der Waals surface area contributed by atoms with Gasteiger partial charge in [-0.2, -0.15) is 0 Å². The number of carbonyl (C=O) groups excluding carboxylic acids is 1. The summed E-state index contributed by atoms with van der Waals surface area (Å²) in [6, 6.07) is 1.64. The van der Waals surface area contributed by atoms with E-state index in [0.717, 1.165) is 0 Å². The fraction of sp³-hybridized carbons (Fsp3) is 0.545. The molecule has 2 heterocycles. The van der Waals surface area contributed by atoms with Crippen LogP contribution in [-0.4, -0.2) is 41.4 Å². The predicted octanol–water partition coefficient (Wildman–Crippen LogP) is 2.56. The zero-order chi connectivity index (χ0) is 12.4. The Labute approximate surface area is 113 Å². The fourth-order valence-corrected chi connectivity index (χ4v) is 2.38. The summed E-state index contributed by atoms with van der Waals surface area (Å²) in [7, 11) is 0. The lowest BCUT2D eigenvalue weighted by molar-refractivity contribution is -0.0361. The summed E-state index contributed by atoms with van der Waals surface area (Å²) in [5.41, 5.74) is 0.411. The van der Waals surface area contributed by atoms with E-state index in [0.29, 0.717) is 24.0 Å². The zero-order valence-electron chi connectivity index (χ0n) is 9.36. The molecular weight excluding hydrogens is 309 g/mol. The fourth-order valence-electron chi connectivity index (χ4n) is 1.79. The standard InChI is InChI=1S/C11H13BrClNO3/c1-7-6-17-8(4-12)5-14(7)11(15)9-2-3-16-10(9)13/h2-3,7-8H,4-6H2,1H3. The van der Waals surface area contributed by atoms with Crippen molar-refractivity contribution >= 4 is 33.4 Å². The number of ether oxygens (including phenoxy) is 1. The van der Waals surface area contributed by atoms with Crippen molar-refractivity contribution in [2.45, 2.75) is 19.1 Å². The van der Waals surface area contributed by atoms with Crippen LogP contribution in [0.4, 0.5) is 0 Å². The summed E-state index contributed by atoms with van der Waals surface area (Å²) in [6.45, 7) is 3.06. The second-order valence-corrected chi connectivity index (χ2v) is 5.01. The third-order valence-electron chi connectivity index (χ3n) is 2.79. The SMILES string of the molecule is CC1COC(CBr)CN1C(=O)c1ccoc1Cl. The van der Waals surface area contributed by atoms with Gasteiger partial charge >= 0.3 is 0 Å². The van der Waals surface area contributed by atoms with Gasteiger partial charge in [-0.1, -0.05) is 15.9 Å². The number of alkyl halides is 1. The van der Waals surface area contributed by atoms with Crippen LogP contribution >= 0.6 is 27.5 Å². The van der Waals surface area contributed by atoms with Crippen molar-refractivity contribution in [3.63, 3.8) is 0 Å². The highest BCUT2D eigenvalue weighted by atomic mass is 79.9. The highest BCUT2D eigenvalue weighted by molar-refractivity contribution is 9.09. The van der Waals surface area contributed by atoms with E-state index in [1.807, 2.05) is 6.92 Å². The van der Waals surface area contributed by atoms with Gasteiger partial charge in [-0.3, -0.25) is 4.79 Å². The number of carbonyl (C=O) groups is 1. The summed E-state index contributed by atoms with van der Waals surface area (Å²) < 4.78 is 10.5. The Kier molecular flexibility index (Phi) is 4.12. The first-order chi connectivity index (χ1) is 8.13. The molecule has 1 aromatic rings. The number of hydrogen-bond acceptors (Lipinski definition) is 3. The van der Waals surface area contributed by atoms with Crippen LogP contribution in [0.15, 0.2) is 16.7 Å². The maximum Gasteiger partial charge on any atom is 0.259 e. The molecule has 1 aromatic heterocycles. The lowest BCUT2D eigenvalue weighted by Gasteiger charge is -2.37. The van der Waals surface area contributed by atoms with Gasteiger partial charge in [0.25, 0.3) is 5.91 Å². The first kappa shape index (κ1) is 12.9. The molecule has 0 radical (unpaired) electrons. The highest BCUT2D eigenvalue weighted by Gasteiger charge is 2.31. The maximum absolute atomic E-state index is 12.3. The molecule has 1 fully saturated rings. The molecular formula is C11H13BrClNO3. The minimum Gasteiger partial charge on any atom is -0.452 e. The zero-order valence-corrected chi connectivity index (χ0v) is 11.7. The normalized spacial score (nSPS) is 25.0. The van der Waals surface area contributed by atoms with Gasteiger partial charge < -0.3 is 14.1 Å². The van der Waals surface area contributed by atoms with Crippen LogP contribution in [0.2, 0.25) is 5.22 Å². The Hall–Kier alpha value is -0.520. The average molecular weight is 323 g/mol. The third-order valence-corrected chi connectivity index (χ3v) is 3.80. The first-order valence-corrected chi connectivity index (χ1v) is 6.85. The second-order valence-electron chi connectivity index (χ2n) is 4.02. The van der Waals surface area contributed by atoms with Crippen molar-refractivity contribution in [2.75, 3.05) is 18.5 Å². The summed E-state index contributed by atoms with van der Waals surface area (Å²) >= 11 is 9.18. The smallest absolute Gasteiger partial charge is 0.259 e. The van der Waals surface area contributed by atoms with Gasteiger partial charge in [0.15, 0.2) is 0 Å². The van der Waals surface area contributed by atoms with Crippen molar-refractivity contribution < 1.29 is 13.9 Å². The molecule has 4 nitrogen and oxygen atoms in total. The van der Waals surface area contributed by atoms with Crippen molar-refractivity contribution in [3.8, 4) is 0 Å². The molecule has 2 unspecified atom stereocenters. The van der Waals surface area contributed by atoms with E-state index in [4.69, 9.17) is 20.8 Å². The summed E-state index contributed by atoms with van der Waals surface area (Å²) in [5, 5.41) is 0.854. The van der Waals surface area contributed by atoms with E-state index in [9.17, 15) is 4.79 Å². The molecule has 1 aliphatic rings. The van der Waals surface area contributed by atoms with E-state index in [1.165, 1.54) is 6.26 Å². The van der Waals surface area contributed by atoms with E-state index in [2.05, 4.69) is 15.9 Å². The summed E-state index contributed by atoms with van der Waals surface area (Å²) in [5.74, 6) is -0.106. The number of nitrogens with zero attached hydrogens (tertiary/aromatic N) is 1. The summed E-state index contributed by atoms with van der Waals surface area (Å²) in [4.78, 5) is 14.0. The molecule has 2 rings (SSSR count). The molecule has 0 N–H and O–H groups in total. The van der Waals surface area contributed by atoms with Crippen LogP contribution in [-0.2, 0) is 4.74 Å². The molecule has 0 saturated carbocycles. The van der Waals surface area contributed by atoms with Crippen molar-refractivity contribution in [1.82, 2.24) is 4.90 Å². The van der Waals surface area contributed by atoms with Crippen molar-refractivity contribution in [3.05, 3.63) is 23.1 Å². The van der Waals surface area contributed by atoms with Crippen LogP contribution in [0.25, 0.3) is 0 Å². The molecule has 94 valence electrons. The van der Waals surface area contributed by atoms with Gasteiger partial charge in [-0.25, -0.2) is 0 Å². The van der Waals surface area contributed by atoms with Crippen LogP contribution in [0.5, 0.6) is 0 Å². The Bertz CT molecular complexity index is 409. The molecule has 17 heavy (non-hydrogen) atoms. The Morgan fingerprint density at radius 2 is 2.47 bits per heavy atom. The van der Waals surface area contributed by atoms with Crippen LogP contribution in [0, 0.1) is 0 Å². The topological polar surface area (TPSA) is 42.7 Å². The van der Waals surface area contributed by atoms with Gasteiger partial charge in [0.05, 0.1) is 30.6 Å². The molecule has 1 amide bonds. The number of amides is 1. The Morgan fingerprint density at radius 3 is 3.06 bits per heavy atom. The number of furan rings is 1. The minimum atomic E-state index is -0.106. The molecule has 0 aliphatic carbocycles. The molecule has 0 aromatic carbocycles. The van der Waals surface area contributed by atoms with Crippen LogP contribution in [0.3, 0.4) is 0 Å². The minimum absolute atomic E-state index is 0.0285. The number of hydrogen-bond donors (Lipinski definition) is 0. The van der Waals surface area contributed by atoms with E-state index in [1.54, 1.807) is 11.0 Å². The van der Waals surface area contributed by atoms with E-state index in [-0.39, 0.29) is 23.3 Å². The molecule has 0 bridgehead atoms. The average Bonchev–Trinajstić information content (AvgIpc) is 2.75. The Balaban J connectivity index is 2.15. The largest absolute Gasteiger partial charge is 0.452 e. The number of halogens is 2. The number of rotatable bonds is 2. The van der Waals surface area contributed by atoms with Gasteiger partial charge in [-0.15, -0.1) is 0 Å². The highest BCUT2D eigenvalue weighted by Crippen LogP contribution is 2.22. The van der Waals surface area contributed by atoms with Gasteiger partial charge in [0.2, 0.25) is 5.22 Å². The molecule has 1 aliphatic heterocycles. The van der Waals surface area contributed by atoms with Crippen molar-refractivity contribution in [1.29, 1.82) is 0 Å². The van der Waals surface area contributed by atoms with Crippen LogP contribution in [0.1, 0.15) is 17.3 Å². The number of morpholine rings is 1. The van der Waals surface area contributed by atoms with E-state index < -0.39 is 0 Å². The lowest BCUT2D eigenvalue weighted by atomic mass is 10.1. The molecule has 6 heteroatoms. The molecule has 1 saturated heterocycles. The first-order valence-electron chi connectivity index (χ1n) is 5.35. The quantitative estimate of drug-likeness (QED) is 0.786. The van der Waals surface area contributed by atoms with Gasteiger partial charge in [-0.05, 0) is 24.6 Å². The third kappa shape index (κ3) is 2.67.